The van der Waals surface area contributed by atoms with Crippen molar-refractivity contribution in [1.29, 1.82) is 0 Å². The van der Waals surface area contributed by atoms with Crippen LogP contribution in [0.2, 0.25) is 0 Å². The van der Waals surface area contributed by atoms with Crippen LogP contribution in [0.5, 0.6) is 5.75 Å². The Labute approximate surface area is 111 Å². The molecule has 1 heterocycles. The molecule has 0 aromatic heterocycles. The van der Waals surface area contributed by atoms with E-state index in [2.05, 4.69) is 0 Å². The van der Waals surface area contributed by atoms with Gasteiger partial charge in [-0.2, -0.15) is 0 Å². The van der Waals surface area contributed by atoms with Gasteiger partial charge in [0.05, 0.1) is 25.3 Å². The minimum atomic E-state index is -0.722. The first-order valence-corrected chi connectivity index (χ1v) is 6.35. The minimum absolute atomic E-state index is 0.0363. The quantitative estimate of drug-likeness (QED) is 0.824. The molecule has 1 saturated heterocycles. The van der Waals surface area contributed by atoms with Crippen LogP contribution in [0.15, 0.2) is 24.3 Å². The summed E-state index contributed by atoms with van der Waals surface area (Å²) >= 11 is 0. The molecule has 0 bridgehead atoms. The second-order valence-electron chi connectivity index (χ2n) is 5.15. The number of ether oxygens (including phenoxy) is 1. The topological polar surface area (TPSA) is 49.8 Å². The number of likely N-dealkylation sites (tertiary alicyclic amines) is 1. The summed E-state index contributed by atoms with van der Waals surface area (Å²) < 4.78 is 18.0. The lowest BCUT2D eigenvalue weighted by atomic mass is 9.96. The third-order valence-corrected chi connectivity index (χ3v) is 3.03. The number of benzene rings is 1. The van der Waals surface area contributed by atoms with E-state index in [1.165, 1.54) is 12.1 Å². The van der Waals surface area contributed by atoms with Gasteiger partial charge in [-0.05, 0) is 37.6 Å². The number of hydrogen-bond acceptors (Lipinski definition) is 3. The van der Waals surface area contributed by atoms with Gasteiger partial charge in [-0.3, -0.25) is 4.79 Å². The van der Waals surface area contributed by atoms with E-state index >= 15 is 0 Å². The van der Waals surface area contributed by atoms with Crippen molar-refractivity contribution in [3.05, 3.63) is 30.1 Å². The van der Waals surface area contributed by atoms with Gasteiger partial charge in [-0.15, -0.1) is 0 Å². The molecule has 1 aliphatic heterocycles. The van der Waals surface area contributed by atoms with Crippen molar-refractivity contribution in [1.82, 2.24) is 4.90 Å². The Kier molecular flexibility index (Phi) is 4.04. The second-order valence-corrected chi connectivity index (χ2v) is 5.15. The van der Waals surface area contributed by atoms with Crippen molar-refractivity contribution in [2.75, 3.05) is 19.7 Å². The van der Waals surface area contributed by atoms with Crippen LogP contribution in [0.3, 0.4) is 0 Å². The van der Waals surface area contributed by atoms with Crippen molar-refractivity contribution < 1.29 is 19.0 Å². The molecule has 5 heteroatoms. The van der Waals surface area contributed by atoms with E-state index in [-0.39, 0.29) is 11.7 Å². The van der Waals surface area contributed by atoms with Gasteiger partial charge < -0.3 is 14.7 Å². The van der Waals surface area contributed by atoms with Gasteiger partial charge in [0.25, 0.3) is 0 Å². The molecule has 0 saturated carbocycles. The summed E-state index contributed by atoms with van der Waals surface area (Å²) in [7, 11) is 0. The lowest BCUT2D eigenvalue weighted by Gasteiger charge is -2.44. The molecule has 1 fully saturated rings. The summed E-state index contributed by atoms with van der Waals surface area (Å²) in [6, 6.07) is 5.79. The molecule has 1 amide bonds. The maximum Gasteiger partial charge on any atom is 0.222 e. The van der Waals surface area contributed by atoms with E-state index in [0.29, 0.717) is 38.3 Å². The standard InChI is InChI=1S/C14H18FNO3/c1-14(18)9-16(10-14)13(17)3-2-8-19-12-6-4-11(15)5-7-12/h4-7,18H,2-3,8-10H2,1H3. The van der Waals surface area contributed by atoms with Gasteiger partial charge in [-0.1, -0.05) is 0 Å². The first kappa shape index (κ1) is 13.8. The maximum atomic E-state index is 12.7. The van der Waals surface area contributed by atoms with E-state index in [9.17, 15) is 14.3 Å². The lowest BCUT2D eigenvalue weighted by molar-refractivity contribution is -0.152. The number of hydrogen-bond donors (Lipinski definition) is 1. The monoisotopic (exact) mass is 267 g/mol. The van der Waals surface area contributed by atoms with E-state index in [1.54, 1.807) is 24.0 Å². The number of carbonyl (C=O) groups is 1. The molecule has 1 aliphatic rings. The van der Waals surface area contributed by atoms with Crippen molar-refractivity contribution >= 4 is 5.91 Å². The first-order valence-electron chi connectivity index (χ1n) is 6.35. The van der Waals surface area contributed by atoms with Crippen molar-refractivity contribution in [2.24, 2.45) is 0 Å². The molecule has 4 nitrogen and oxygen atoms in total. The molecule has 0 aliphatic carbocycles. The van der Waals surface area contributed by atoms with Gasteiger partial charge in [0, 0.05) is 6.42 Å². The maximum absolute atomic E-state index is 12.7. The molecule has 0 unspecified atom stereocenters. The zero-order valence-electron chi connectivity index (χ0n) is 10.9. The summed E-state index contributed by atoms with van der Waals surface area (Å²) in [5, 5.41) is 9.53. The van der Waals surface area contributed by atoms with Crippen LogP contribution in [-0.2, 0) is 4.79 Å². The van der Waals surface area contributed by atoms with E-state index in [0.717, 1.165) is 0 Å². The van der Waals surface area contributed by atoms with E-state index in [4.69, 9.17) is 4.74 Å². The minimum Gasteiger partial charge on any atom is -0.494 e. The Morgan fingerprint density at radius 2 is 2.05 bits per heavy atom. The molecule has 0 atom stereocenters. The van der Waals surface area contributed by atoms with E-state index in [1.807, 2.05) is 0 Å². The molecule has 2 rings (SSSR count). The number of nitrogens with zero attached hydrogens (tertiary/aromatic N) is 1. The molecule has 1 N–H and O–H groups in total. The number of rotatable bonds is 5. The fraction of sp³-hybridized carbons (Fsp3) is 0.500. The SMILES string of the molecule is CC1(O)CN(C(=O)CCCOc2ccc(F)cc2)C1. The predicted molar refractivity (Wildman–Crippen MR) is 68.3 cm³/mol. The molecular weight excluding hydrogens is 249 g/mol. The Morgan fingerprint density at radius 1 is 1.42 bits per heavy atom. The molecule has 1 aromatic rings. The Bertz CT molecular complexity index is 437. The van der Waals surface area contributed by atoms with Gasteiger partial charge in [0.1, 0.15) is 11.6 Å². The zero-order chi connectivity index (χ0) is 13.9. The van der Waals surface area contributed by atoms with Crippen molar-refractivity contribution in [2.45, 2.75) is 25.4 Å². The second kappa shape index (κ2) is 5.57. The highest BCUT2D eigenvalue weighted by Crippen LogP contribution is 2.20. The third kappa shape index (κ3) is 3.92. The lowest BCUT2D eigenvalue weighted by Crippen LogP contribution is -2.61. The van der Waals surface area contributed by atoms with E-state index < -0.39 is 5.60 Å². The summed E-state index contributed by atoms with van der Waals surface area (Å²) in [5.74, 6) is 0.335. The summed E-state index contributed by atoms with van der Waals surface area (Å²) in [5.41, 5.74) is -0.722. The Balaban J connectivity index is 1.62. The number of halogens is 1. The third-order valence-electron chi connectivity index (χ3n) is 3.03. The predicted octanol–water partition coefficient (Wildman–Crippen LogP) is 1.58. The van der Waals surface area contributed by atoms with Crippen molar-refractivity contribution in [3.63, 3.8) is 0 Å². The largest absolute Gasteiger partial charge is 0.494 e. The van der Waals surface area contributed by atoms with Crippen LogP contribution >= 0.6 is 0 Å². The van der Waals surface area contributed by atoms with Gasteiger partial charge in [-0.25, -0.2) is 4.39 Å². The molecule has 0 spiro atoms. The molecular formula is C14H18FNO3. The summed E-state index contributed by atoms with van der Waals surface area (Å²) in [6.07, 6.45) is 1.01. The number of amides is 1. The van der Waals surface area contributed by atoms with Crippen LogP contribution in [-0.4, -0.2) is 41.2 Å². The molecule has 1 aromatic carbocycles. The summed E-state index contributed by atoms with van der Waals surface area (Å²) in [6.45, 7) is 2.95. The van der Waals surface area contributed by atoms with Crippen LogP contribution in [0.25, 0.3) is 0 Å². The van der Waals surface area contributed by atoms with Crippen LogP contribution in [0.1, 0.15) is 19.8 Å². The highest BCUT2D eigenvalue weighted by molar-refractivity contribution is 5.77. The van der Waals surface area contributed by atoms with Crippen LogP contribution < -0.4 is 4.74 Å². The molecule has 0 radical (unpaired) electrons. The molecule has 104 valence electrons. The van der Waals surface area contributed by atoms with Gasteiger partial charge in [0.15, 0.2) is 0 Å². The highest BCUT2D eigenvalue weighted by atomic mass is 19.1. The Hall–Kier alpha value is -1.62. The number of β-amino-alcohol motifs (C(OH)–C–C–N with tert-alkyl or cyclic N) is 1. The van der Waals surface area contributed by atoms with Crippen molar-refractivity contribution in [3.8, 4) is 5.75 Å². The highest BCUT2D eigenvalue weighted by Gasteiger charge is 2.38. The zero-order valence-corrected chi connectivity index (χ0v) is 10.9. The normalized spacial score (nSPS) is 16.9. The average Bonchev–Trinajstić information content (AvgIpc) is 2.33. The Morgan fingerprint density at radius 3 is 2.63 bits per heavy atom. The average molecular weight is 267 g/mol. The number of aliphatic hydroxyl groups is 1. The van der Waals surface area contributed by atoms with Gasteiger partial charge in [0.2, 0.25) is 5.91 Å². The fourth-order valence-electron chi connectivity index (χ4n) is 2.05. The first-order chi connectivity index (χ1) is 8.96. The smallest absolute Gasteiger partial charge is 0.222 e. The fourth-order valence-corrected chi connectivity index (χ4v) is 2.05. The van der Waals surface area contributed by atoms with Crippen LogP contribution in [0, 0.1) is 5.82 Å². The summed E-state index contributed by atoms with van der Waals surface area (Å²) in [4.78, 5) is 13.3. The van der Waals surface area contributed by atoms with Gasteiger partial charge >= 0.3 is 0 Å². The number of carbonyl (C=O) groups excluding carboxylic acids is 1. The molecule has 19 heavy (non-hydrogen) atoms. The van der Waals surface area contributed by atoms with Crippen LogP contribution in [0.4, 0.5) is 4.39 Å².